The first-order valence-electron chi connectivity index (χ1n) is 10.3. The molecule has 0 atom stereocenters. The van der Waals surface area contributed by atoms with Crippen molar-refractivity contribution in [3.8, 4) is 11.6 Å². The minimum Gasteiger partial charge on any atom is -0.439 e. The van der Waals surface area contributed by atoms with Gasteiger partial charge in [0.25, 0.3) is 5.91 Å². The van der Waals surface area contributed by atoms with E-state index in [-0.39, 0.29) is 18.3 Å². The molecule has 2 aromatic carbocycles. The van der Waals surface area contributed by atoms with Crippen LogP contribution in [0.2, 0.25) is 5.15 Å². The van der Waals surface area contributed by atoms with Crippen LogP contribution in [0.1, 0.15) is 32.7 Å². The number of nitrogens with one attached hydrogen (secondary N) is 1. The van der Waals surface area contributed by atoms with Crippen molar-refractivity contribution in [2.24, 2.45) is 0 Å². The highest BCUT2D eigenvalue weighted by atomic mass is 35.5. The van der Waals surface area contributed by atoms with Gasteiger partial charge in [-0.2, -0.15) is 5.10 Å². The number of halogens is 2. The summed E-state index contributed by atoms with van der Waals surface area (Å²) in [6.07, 6.45) is 1.58. The molecule has 33 heavy (non-hydrogen) atoms. The predicted octanol–water partition coefficient (Wildman–Crippen LogP) is 5.46. The van der Waals surface area contributed by atoms with Crippen molar-refractivity contribution >= 4 is 17.5 Å². The lowest BCUT2D eigenvalue weighted by Gasteiger charge is -2.08. The Morgan fingerprint density at radius 2 is 1.79 bits per heavy atom. The Morgan fingerprint density at radius 3 is 2.52 bits per heavy atom. The van der Waals surface area contributed by atoms with Crippen molar-refractivity contribution in [3.05, 3.63) is 106 Å². The van der Waals surface area contributed by atoms with E-state index in [0.717, 1.165) is 11.1 Å². The number of rotatable bonds is 7. The van der Waals surface area contributed by atoms with E-state index in [0.29, 0.717) is 34.6 Å². The highest BCUT2D eigenvalue weighted by molar-refractivity contribution is 6.33. The van der Waals surface area contributed by atoms with Gasteiger partial charge in [-0.3, -0.25) is 4.79 Å². The molecule has 0 aliphatic heterocycles. The highest BCUT2D eigenvalue weighted by Crippen LogP contribution is 2.22. The molecule has 0 unspecified atom stereocenters. The first kappa shape index (κ1) is 22.5. The Morgan fingerprint density at radius 1 is 1.06 bits per heavy atom. The van der Waals surface area contributed by atoms with E-state index >= 15 is 0 Å². The molecule has 0 fully saturated rings. The summed E-state index contributed by atoms with van der Waals surface area (Å²) in [5, 5.41) is 7.60. The van der Waals surface area contributed by atoms with Gasteiger partial charge in [0.15, 0.2) is 0 Å². The third-order valence-corrected chi connectivity index (χ3v) is 5.42. The number of ether oxygens (including phenoxy) is 1. The largest absolute Gasteiger partial charge is 0.439 e. The Bertz CT molecular complexity index is 1270. The number of aryl methyl sites for hydroxylation is 2. The van der Waals surface area contributed by atoms with E-state index in [1.54, 1.807) is 29.9 Å². The summed E-state index contributed by atoms with van der Waals surface area (Å²) >= 11 is 6.50. The Hall–Kier alpha value is -3.71. The van der Waals surface area contributed by atoms with Crippen molar-refractivity contribution in [1.82, 2.24) is 20.1 Å². The van der Waals surface area contributed by atoms with Gasteiger partial charge in [0.2, 0.25) is 5.88 Å². The second kappa shape index (κ2) is 9.83. The smallest absolute Gasteiger partial charge is 0.256 e. The monoisotopic (exact) mass is 464 g/mol. The van der Waals surface area contributed by atoms with Crippen molar-refractivity contribution in [2.45, 2.75) is 26.9 Å². The predicted molar refractivity (Wildman–Crippen MR) is 124 cm³/mol. The maximum Gasteiger partial charge on any atom is 0.256 e. The summed E-state index contributed by atoms with van der Waals surface area (Å²) in [6.45, 7) is 4.51. The number of amides is 1. The number of carbonyl (C=O) groups is 1. The fourth-order valence-corrected chi connectivity index (χ4v) is 3.61. The zero-order valence-electron chi connectivity index (χ0n) is 18.2. The van der Waals surface area contributed by atoms with E-state index in [2.05, 4.69) is 15.4 Å². The van der Waals surface area contributed by atoms with Crippen LogP contribution in [0.5, 0.6) is 11.6 Å². The van der Waals surface area contributed by atoms with Gasteiger partial charge >= 0.3 is 0 Å². The van der Waals surface area contributed by atoms with Crippen LogP contribution in [0.4, 0.5) is 4.39 Å². The standard InChI is InChI=1S/C25H22ClFN4O2/c1-16-3-5-18(6-4-16)15-31-24(26)23(17(2)30-31)25(32)29-14-19-11-12-28-22(13-19)33-21-9-7-20(27)8-10-21/h3-13H,14-15H2,1-2H3,(H,29,32). The van der Waals surface area contributed by atoms with Gasteiger partial charge in [-0.1, -0.05) is 41.4 Å². The quantitative estimate of drug-likeness (QED) is 0.394. The highest BCUT2D eigenvalue weighted by Gasteiger charge is 2.20. The fourth-order valence-electron chi connectivity index (χ4n) is 3.29. The van der Waals surface area contributed by atoms with Gasteiger partial charge in [0.05, 0.1) is 17.8 Å². The number of hydrogen-bond acceptors (Lipinski definition) is 4. The second-order valence-corrected chi connectivity index (χ2v) is 7.99. The van der Waals surface area contributed by atoms with E-state index in [1.165, 1.54) is 29.8 Å². The number of benzene rings is 2. The first-order chi connectivity index (χ1) is 15.9. The lowest BCUT2D eigenvalue weighted by atomic mass is 10.1. The lowest BCUT2D eigenvalue weighted by Crippen LogP contribution is -2.23. The molecule has 0 radical (unpaired) electrons. The van der Waals surface area contributed by atoms with Gasteiger partial charge in [-0.05, 0) is 55.3 Å². The molecular weight excluding hydrogens is 443 g/mol. The van der Waals surface area contributed by atoms with Crippen LogP contribution in [0.25, 0.3) is 0 Å². The zero-order valence-corrected chi connectivity index (χ0v) is 18.9. The summed E-state index contributed by atoms with van der Waals surface area (Å²) in [5.74, 6) is 0.148. The van der Waals surface area contributed by atoms with Crippen LogP contribution in [0.15, 0.2) is 66.9 Å². The molecule has 0 aliphatic carbocycles. The second-order valence-electron chi connectivity index (χ2n) is 7.64. The molecule has 2 heterocycles. The molecule has 6 nitrogen and oxygen atoms in total. The third-order valence-electron chi connectivity index (χ3n) is 5.03. The minimum atomic E-state index is -0.345. The SMILES string of the molecule is Cc1ccc(Cn2nc(C)c(C(=O)NCc3ccnc(Oc4ccc(F)cc4)c3)c2Cl)cc1. The molecule has 1 N–H and O–H groups in total. The molecule has 168 valence electrons. The summed E-state index contributed by atoms with van der Waals surface area (Å²) in [7, 11) is 0. The first-order valence-corrected chi connectivity index (χ1v) is 10.7. The zero-order chi connectivity index (χ0) is 23.4. The van der Waals surface area contributed by atoms with Crippen molar-refractivity contribution < 1.29 is 13.9 Å². The molecule has 8 heteroatoms. The summed E-state index contributed by atoms with van der Waals surface area (Å²) in [6, 6.07) is 17.2. The molecule has 0 saturated heterocycles. The maximum atomic E-state index is 13.1. The van der Waals surface area contributed by atoms with Crippen LogP contribution >= 0.6 is 11.6 Å². The molecule has 0 saturated carbocycles. The van der Waals surface area contributed by atoms with E-state index in [9.17, 15) is 9.18 Å². The minimum absolute atomic E-state index is 0.250. The van der Waals surface area contributed by atoms with Crippen molar-refractivity contribution in [1.29, 1.82) is 0 Å². The van der Waals surface area contributed by atoms with Gasteiger partial charge in [0.1, 0.15) is 16.7 Å². The number of nitrogens with zero attached hydrogens (tertiary/aromatic N) is 3. The molecule has 0 aliphatic rings. The van der Waals surface area contributed by atoms with Gasteiger partial charge in [-0.25, -0.2) is 14.1 Å². The van der Waals surface area contributed by atoms with Crippen LogP contribution in [0.3, 0.4) is 0 Å². The molecule has 0 bridgehead atoms. The van der Waals surface area contributed by atoms with Crippen LogP contribution in [-0.2, 0) is 13.1 Å². The summed E-state index contributed by atoms with van der Waals surface area (Å²) in [4.78, 5) is 17.0. The van der Waals surface area contributed by atoms with Crippen LogP contribution in [0, 0.1) is 19.7 Å². The summed E-state index contributed by atoms with van der Waals surface area (Å²) < 4.78 is 20.3. The lowest BCUT2D eigenvalue weighted by molar-refractivity contribution is 0.0950. The fraction of sp³-hybridized carbons (Fsp3) is 0.160. The number of aromatic nitrogens is 3. The summed E-state index contributed by atoms with van der Waals surface area (Å²) in [5.41, 5.74) is 3.91. The molecular formula is C25H22ClFN4O2. The van der Waals surface area contributed by atoms with Crippen LogP contribution in [-0.4, -0.2) is 20.7 Å². The third kappa shape index (κ3) is 5.56. The molecule has 4 rings (SSSR count). The number of pyridine rings is 1. The number of carbonyl (C=O) groups excluding carboxylic acids is 1. The molecule has 2 aromatic heterocycles. The van der Waals surface area contributed by atoms with Crippen molar-refractivity contribution in [3.63, 3.8) is 0 Å². The Balaban J connectivity index is 1.42. The van der Waals surface area contributed by atoms with E-state index < -0.39 is 0 Å². The topological polar surface area (TPSA) is 69.0 Å². The van der Waals surface area contributed by atoms with Gasteiger partial charge in [0, 0.05) is 18.8 Å². The van der Waals surface area contributed by atoms with Crippen molar-refractivity contribution in [2.75, 3.05) is 0 Å². The van der Waals surface area contributed by atoms with E-state index in [1.807, 2.05) is 31.2 Å². The molecule has 1 amide bonds. The van der Waals surface area contributed by atoms with Gasteiger partial charge < -0.3 is 10.1 Å². The average molecular weight is 465 g/mol. The van der Waals surface area contributed by atoms with E-state index in [4.69, 9.17) is 16.3 Å². The molecule has 0 spiro atoms. The van der Waals surface area contributed by atoms with Crippen LogP contribution < -0.4 is 10.1 Å². The number of hydrogen-bond donors (Lipinski definition) is 1. The average Bonchev–Trinajstić information content (AvgIpc) is 3.08. The normalized spacial score (nSPS) is 10.8. The maximum absolute atomic E-state index is 13.1. The van der Waals surface area contributed by atoms with Gasteiger partial charge in [-0.15, -0.1) is 0 Å². The Kier molecular flexibility index (Phi) is 6.70. The molecule has 4 aromatic rings. The Labute approximate surface area is 196 Å².